The smallest absolute Gasteiger partial charge is 0.206 e. The number of aromatic nitrogens is 4. The summed E-state index contributed by atoms with van der Waals surface area (Å²) in [7, 11) is 0. The van der Waals surface area contributed by atoms with E-state index in [0.29, 0.717) is 13.1 Å². The Labute approximate surface area is 113 Å². The Balaban J connectivity index is 2.02. The van der Waals surface area contributed by atoms with E-state index in [2.05, 4.69) is 25.7 Å². The van der Waals surface area contributed by atoms with Crippen LogP contribution in [-0.2, 0) is 0 Å². The van der Waals surface area contributed by atoms with Crippen molar-refractivity contribution in [1.29, 1.82) is 0 Å². The van der Waals surface area contributed by atoms with Crippen LogP contribution in [0.5, 0.6) is 0 Å². The third-order valence-corrected chi connectivity index (χ3v) is 3.58. The van der Waals surface area contributed by atoms with Gasteiger partial charge in [0, 0.05) is 29.4 Å². The summed E-state index contributed by atoms with van der Waals surface area (Å²) in [6.45, 7) is 1.26. The fourth-order valence-electron chi connectivity index (χ4n) is 1.80. The highest BCUT2D eigenvalue weighted by Crippen LogP contribution is 2.31. The Kier molecular flexibility index (Phi) is 3.30. The van der Waals surface area contributed by atoms with Crippen molar-refractivity contribution in [2.24, 2.45) is 5.73 Å². The van der Waals surface area contributed by atoms with Gasteiger partial charge in [0.25, 0.3) is 0 Å². The minimum atomic E-state index is 0.568. The van der Waals surface area contributed by atoms with Gasteiger partial charge in [0.05, 0.1) is 12.4 Å². The number of hydrogen-bond donors (Lipinski definition) is 2. The van der Waals surface area contributed by atoms with Crippen LogP contribution >= 0.6 is 11.3 Å². The van der Waals surface area contributed by atoms with Gasteiger partial charge in [-0.2, -0.15) is 10.2 Å². The van der Waals surface area contributed by atoms with Gasteiger partial charge in [-0.15, -0.1) is 10.2 Å². The van der Waals surface area contributed by atoms with Crippen LogP contribution in [0.1, 0.15) is 0 Å². The van der Waals surface area contributed by atoms with Gasteiger partial charge in [-0.1, -0.05) is 29.5 Å². The second-order valence-electron chi connectivity index (χ2n) is 3.93. The van der Waals surface area contributed by atoms with E-state index in [9.17, 15) is 0 Å². The van der Waals surface area contributed by atoms with E-state index < -0.39 is 0 Å². The second kappa shape index (κ2) is 5.25. The van der Waals surface area contributed by atoms with Crippen molar-refractivity contribution < 1.29 is 0 Å². The molecule has 0 radical (unpaired) electrons. The first-order chi connectivity index (χ1) is 9.38. The van der Waals surface area contributed by atoms with Gasteiger partial charge in [0.15, 0.2) is 0 Å². The molecule has 0 aliphatic rings. The number of nitrogens with two attached hydrogens (primary N) is 1. The summed E-state index contributed by atoms with van der Waals surface area (Å²) >= 11 is 1.50. The summed E-state index contributed by atoms with van der Waals surface area (Å²) in [6.07, 6.45) is 3.49. The molecule has 0 fully saturated rings. The predicted molar refractivity (Wildman–Crippen MR) is 76.0 cm³/mol. The Hall–Kier alpha value is -2.12. The van der Waals surface area contributed by atoms with E-state index in [1.165, 1.54) is 11.3 Å². The maximum atomic E-state index is 5.45. The summed E-state index contributed by atoms with van der Waals surface area (Å²) in [6, 6.07) is 5.99. The number of nitrogens with one attached hydrogen (secondary N) is 1. The zero-order chi connectivity index (χ0) is 13.1. The van der Waals surface area contributed by atoms with Crippen LogP contribution in [0.3, 0.4) is 0 Å². The van der Waals surface area contributed by atoms with Crippen molar-refractivity contribution >= 4 is 27.2 Å². The molecular formula is C12H12N6S. The lowest BCUT2D eigenvalue weighted by molar-refractivity contribution is 1.000. The molecule has 6 nitrogen and oxygen atoms in total. The van der Waals surface area contributed by atoms with Crippen molar-refractivity contribution in [1.82, 2.24) is 20.4 Å². The highest BCUT2D eigenvalue weighted by Gasteiger charge is 2.09. The van der Waals surface area contributed by atoms with E-state index in [1.54, 1.807) is 12.4 Å². The molecule has 0 spiro atoms. The van der Waals surface area contributed by atoms with Crippen molar-refractivity contribution in [3.05, 3.63) is 30.6 Å². The second-order valence-corrected chi connectivity index (χ2v) is 4.90. The highest BCUT2D eigenvalue weighted by atomic mass is 32.1. The number of fused-ring (bicyclic) bond motifs is 1. The van der Waals surface area contributed by atoms with Crippen LogP contribution in [0, 0.1) is 0 Å². The Morgan fingerprint density at radius 1 is 1.16 bits per heavy atom. The first-order valence-corrected chi connectivity index (χ1v) is 6.67. The first-order valence-electron chi connectivity index (χ1n) is 5.86. The molecule has 2 aromatic heterocycles. The Morgan fingerprint density at radius 3 is 2.95 bits per heavy atom. The first kappa shape index (κ1) is 11.9. The topological polar surface area (TPSA) is 89.6 Å². The fourth-order valence-corrected chi connectivity index (χ4v) is 2.60. The summed E-state index contributed by atoms with van der Waals surface area (Å²) < 4.78 is 0. The molecule has 3 aromatic rings. The zero-order valence-electron chi connectivity index (χ0n) is 10.1. The maximum absolute atomic E-state index is 5.45. The highest BCUT2D eigenvalue weighted by molar-refractivity contribution is 7.18. The van der Waals surface area contributed by atoms with E-state index in [-0.39, 0.29) is 0 Å². The summed E-state index contributed by atoms with van der Waals surface area (Å²) in [5.41, 5.74) is 6.47. The largest absolute Gasteiger partial charge is 0.359 e. The van der Waals surface area contributed by atoms with Gasteiger partial charge >= 0.3 is 0 Å². The molecule has 0 bridgehead atoms. The minimum absolute atomic E-state index is 0.568. The van der Waals surface area contributed by atoms with Gasteiger partial charge < -0.3 is 11.1 Å². The monoisotopic (exact) mass is 272 g/mol. The molecule has 3 rings (SSSR count). The van der Waals surface area contributed by atoms with E-state index in [0.717, 1.165) is 26.5 Å². The van der Waals surface area contributed by atoms with Crippen molar-refractivity contribution in [3.63, 3.8) is 0 Å². The molecule has 0 aliphatic carbocycles. The van der Waals surface area contributed by atoms with Crippen LogP contribution in [0.2, 0.25) is 0 Å². The third kappa shape index (κ3) is 2.38. The molecule has 0 unspecified atom stereocenters. The van der Waals surface area contributed by atoms with Gasteiger partial charge in [-0.3, -0.25) is 0 Å². The van der Waals surface area contributed by atoms with Crippen LogP contribution in [0.4, 0.5) is 5.13 Å². The lowest BCUT2D eigenvalue weighted by atomic mass is 10.1. The molecule has 96 valence electrons. The van der Waals surface area contributed by atoms with Gasteiger partial charge in [0.2, 0.25) is 5.13 Å². The summed E-state index contributed by atoms with van der Waals surface area (Å²) in [4.78, 5) is 0. The molecule has 7 heteroatoms. The number of hydrogen-bond acceptors (Lipinski definition) is 7. The molecule has 2 heterocycles. The predicted octanol–water partition coefficient (Wildman–Crippen LogP) is 1.52. The van der Waals surface area contributed by atoms with E-state index in [4.69, 9.17) is 5.73 Å². The molecule has 0 saturated heterocycles. The summed E-state index contributed by atoms with van der Waals surface area (Å²) in [5.74, 6) is 0. The molecule has 3 N–H and O–H groups in total. The zero-order valence-corrected chi connectivity index (χ0v) is 10.9. The molecule has 0 saturated carbocycles. The summed E-state index contributed by atoms with van der Waals surface area (Å²) in [5, 5.41) is 23.0. The normalized spacial score (nSPS) is 10.8. The standard InChI is InChI=1S/C12H12N6S/c13-4-5-14-12-18-17-11(19-12)9-3-1-2-8-6-15-16-7-10(8)9/h1-3,6-7H,4-5,13H2,(H,14,18). The third-order valence-electron chi connectivity index (χ3n) is 2.67. The van der Waals surface area contributed by atoms with E-state index in [1.807, 2.05) is 18.2 Å². The lowest BCUT2D eigenvalue weighted by Crippen LogP contribution is -2.12. The van der Waals surface area contributed by atoms with Gasteiger partial charge in [-0.25, -0.2) is 0 Å². The van der Waals surface area contributed by atoms with Crippen molar-refractivity contribution in [2.45, 2.75) is 0 Å². The van der Waals surface area contributed by atoms with Crippen molar-refractivity contribution in [3.8, 4) is 10.6 Å². The maximum Gasteiger partial charge on any atom is 0.206 e. The SMILES string of the molecule is NCCNc1nnc(-c2cccc3cnncc23)s1. The van der Waals surface area contributed by atoms with Gasteiger partial charge in [0.1, 0.15) is 5.01 Å². The quantitative estimate of drug-likeness (QED) is 0.748. The van der Waals surface area contributed by atoms with Gasteiger partial charge in [-0.05, 0) is 0 Å². The Bertz CT molecular complexity index is 690. The number of rotatable bonds is 4. The average molecular weight is 272 g/mol. The van der Waals surface area contributed by atoms with Crippen LogP contribution in [-0.4, -0.2) is 33.5 Å². The molecule has 1 aromatic carbocycles. The minimum Gasteiger partial charge on any atom is -0.359 e. The molecule has 0 amide bonds. The van der Waals surface area contributed by atoms with Crippen LogP contribution in [0.25, 0.3) is 21.3 Å². The number of anilines is 1. The molecule has 0 atom stereocenters. The Morgan fingerprint density at radius 2 is 2.05 bits per heavy atom. The lowest BCUT2D eigenvalue weighted by Gasteiger charge is -2.01. The van der Waals surface area contributed by atoms with Crippen LogP contribution < -0.4 is 11.1 Å². The number of benzene rings is 1. The molecule has 19 heavy (non-hydrogen) atoms. The van der Waals surface area contributed by atoms with Crippen molar-refractivity contribution in [2.75, 3.05) is 18.4 Å². The number of nitrogens with zero attached hydrogens (tertiary/aromatic N) is 4. The fraction of sp³-hybridized carbons (Fsp3) is 0.167. The average Bonchev–Trinajstić information content (AvgIpc) is 2.93. The van der Waals surface area contributed by atoms with Crippen LogP contribution in [0.15, 0.2) is 30.6 Å². The molecular weight excluding hydrogens is 260 g/mol. The van der Waals surface area contributed by atoms with E-state index >= 15 is 0 Å². The molecule has 0 aliphatic heterocycles.